The third-order valence-corrected chi connectivity index (χ3v) is 4.01. The van der Waals surface area contributed by atoms with Gasteiger partial charge >= 0.3 is 6.09 Å². The summed E-state index contributed by atoms with van der Waals surface area (Å²) in [7, 11) is 0. The zero-order valence-corrected chi connectivity index (χ0v) is 15.1. The molecule has 1 aromatic carbocycles. The Morgan fingerprint density at radius 1 is 1.25 bits per heavy atom. The molecule has 0 radical (unpaired) electrons. The van der Waals surface area contributed by atoms with E-state index in [0.717, 1.165) is 24.0 Å². The molecular formula is C19H28N2O3. The Bertz CT molecular complexity index is 593. The van der Waals surface area contributed by atoms with Gasteiger partial charge in [0, 0.05) is 13.0 Å². The van der Waals surface area contributed by atoms with E-state index in [1.54, 1.807) is 4.90 Å². The molecule has 2 rings (SSSR count). The van der Waals surface area contributed by atoms with Crippen LogP contribution in [0.2, 0.25) is 0 Å². The normalized spacial score (nSPS) is 17.2. The van der Waals surface area contributed by atoms with Crippen LogP contribution in [0.15, 0.2) is 24.3 Å². The molecule has 1 N–H and O–H groups in total. The number of nitrogens with one attached hydrogen (secondary N) is 1. The maximum absolute atomic E-state index is 12.6. The lowest BCUT2D eigenvalue weighted by molar-refractivity contribution is -0.127. The lowest BCUT2D eigenvalue weighted by Crippen LogP contribution is -2.53. The molecule has 24 heavy (non-hydrogen) atoms. The standard InChI is InChI=1S/C19H28N2O3/c1-5-6-11-20-17(22)16-12-14-9-7-8-10-15(14)13-21(16)18(23)24-19(2,3)4/h7-10,16H,5-6,11-13H2,1-4H3,(H,20,22)/t16-/m0/s1. The van der Waals surface area contributed by atoms with E-state index in [9.17, 15) is 9.59 Å². The van der Waals surface area contributed by atoms with Crippen LogP contribution in [0.4, 0.5) is 4.79 Å². The van der Waals surface area contributed by atoms with Crippen molar-refractivity contribution in [3.63, 3.8) is 0 Å². The number of benzene rings is 1. The van der Waals surface area contributed by atoms with Crippen molar-refractivity contribution in [2.24, 2.45) is 0 Å². The zero-order valence-electron chi connectivity index (χ0n) is 15.1. The first kappa shape index (κ1) is 18.3. The summed E-state index contributed by atoms with van der Waals surface area (Å²) >= 11 is 0. The van der Waals surface area contributed by atoms with E-state index >= 15 is 0 Å². The lowest BCUT2D eigenvalue weighted by atomic mass is 9.94. The van der Waals surface area contributed by atoms with E-state index in [-0.39, 0.29) is 5.91 Å². The maximum atomic E-state index is 12.6. The summed E-state index contributed by atoms with van der Waals surface area (Å²) in [5.41, 5.74) is 1.60. The van der Waals surface area contributed by atoms with E-state index < -0.39 is 17.7 Å². The van der Waals surface area contributed by atoms with Gasteiger partial charge in [-0.1, -0.05) is 37.6 Å². The first-order chi connectivity index (χ1) is 11.3. The highest BCUT2D eigenvalue weighted by Gasteiger charge is 2.36. The summed E-state index contributed by atoms with van der Waals surface area (Å²) in [6, 6.07) is 7.42. The van der Waals surface area contributed by atoms with Crippen molar-refractivity contribution < 1.29 is 14.3 Å². The van der Waals surface area contributed by atoms with Crippen LogP contribution in [0.3, 0.4) is 0 Å². The first-order valence-corrected chi connectivity index (χ1v) is 8.66. The quantitative estimate of drug-likeness (QED) is 0.861. The molecular weight excluding hydrogens is 304 g/mol. The van der Waals surface area contributed by atoms with Gasteiger partial charge in [-0.25, -0.2) is 4.79 Å². The predicted octanol–water partition coefficient (Wildman–Crippen LogP) is 3.26. The predicted molar refractivity (Wildman–Crippen MR) is 93.6 cm³/mol. The van der Waals surface area contributed by atoms with E-state index in [4.69, 9.17) is 4.74 Å². The van der Waals surface area contributed by atoms with Crippen LogP contribution >= 0.6 is 0 Å². The lowest BCUT2D eigenvalue weighted by Gasteiger charge is -2.36. The molecule has 1 atom stereocenters. The van der Waals surface area contributed by atoms with Gasteiger partial charge in [-0.15, -0.1) is 0 Å². The maximum Gasteiger partial charge on any atom is 0.411 e. The number of ether oxygens (including phenoxy) is 1. The van der Waals surface area contributed by atoms with Crippen LogP contribution in [0.5, 0.6) is 0 Å². The highest BCUT2D eigenvalue weighted by Crippen LogP contribution is 2.25. The average molecular weight is 332 g/mol. The zero-order chi connectivity index (χ0) is 17.7. The second-order valence-corrected chi connectivity index (χ2v) is 7.24. The molecule has 0 saturated heterocycles. The molecule has 1 aromatic rings. The Kier molecular flexibility index (Phi) is 5.86. The van der Waals surface area contributed by atoms with Crippen molar-refractivity contribution in [3.05, 3.63) is 35.4 Å². The molecule has 0 spiro atoms. The molecule has 2 amide bonds. The van der Waals surface area contributed by atoms with Gasteiger partial charge in [0.15, 0.2) is 0 Å². The monoisotopic (exact) mass is 332 g/mol. The highest BCUT2D eigenvalue weighted by atomic mass is 16.6. The van der Waals surface area contributed by atoms with E-state index in [1.165, 1.54) is 0 Å². The van der Waals surface area contributed by atoms with E-state index in [1.807, 2.05) is 45.0 Å². The van der Waals surface area contributed by atoms with Crippen molar-refractivity contribution in [2.45, 2.75) is 65.1 Å². The summed E-state index contributed by atoms with van der Waals surface area (Å²) in [4.78, 5) is 26.7. The first-order valence-electron chi connectivity index (χ1n) is 8.66. The fraction of sp³-hybridized carbons (Fsp3) is 0.579. The molecule has 1 aliphatic rings. The number of carbonyl (C=O) groups excluding carboxylic acids is 2. The van der Waals surface area contributed by atoms with E-state index in [0.29, 0.717) is 19.5 Å². The Morgan fingerprint density at radius 2 is 1.92 bits per heavy atom. The minimum atomic E-state index is -0.586. The van der Waals surface area contributed by atoms with Crippen molar-refractivity contribution in [1.29, 1.82) is 0 Å². The molecule has 0 fully saturated rings. The number of hydrogen-bond donors (Lipinski definition) is 1. The Balaban J connectivity index is 2.19. The molecule has 1 aliphatic heterocycles. The van der Waals surface area contributed by atoms with Crippen molar-refractivity contribution >= 4 is 12.0 Å². The molecule has 5 nitrogen and oxygen atoms in total. The second kappa shape index (κ2) is 7.69. The van der Waals surface area contributed by atoms with Crippen LogP contribution in [-0.4, -0.2) is 35.1 Å². The highest BCUT2D eigenvalue weighted by molar-refractivity contribution is 5.86. The number of unbranched alkanes of at least 4 members (excludes halogenated alkanes) is 1. The molecule has 0 aromatic heterocycles. The van der Waals surface area contributed by atoms with Gasteiger partial charge < -0.3 is 10.1 Å². The molecule has 0 bridgehead atoms. The minimum Gasteiger partial charge on any atom is -0.444 e. The fourth-order valence-electron chi connectivity index (χ4n) is 2.78. The third kappa shape index (κ3) is 4.73. The van der Waals surface area contributed by atoms with Crippen molar-refractivity contribution in [2.75, 3.05) is 6.54 Å². The number of amides is 2. The van der Waals surface area contributed by atoms with Gasteiger partial charge in [0.1, 0.15) is 11.6 Å². The molecule has 0 aliphatic carbocycles. The summed E-state index contributed by atoms with van der Waals surface area (Å²) in [5.74, 6) is -0.108. The van der Waals surface area contributed by atoms with Crippen LogP contribution < -0.4 is 5.32 Å². The number of carbonyl (C=O) groups is 2. The summed E-state index contributed by atoms with van der Waals surface area (Å²) in [6.45, 7) is 8.61. The van der Waals surface area contributed by atoms with Gasteiger partial charge in [0.2, 0.25) is 5.91 Å². The molecule has 1 heterocycles. The van der Waals surface area contributed by atoms with Crippen LogP contribution in [0.25, 0.3) is 0 Å². The average Bonchev–Trinajstić information content (AvgIpc) is 2.52. The largest absolute Gasteiger partial charge is 0.444 e. The second-order valence-electron chi connectivity index (χ2n) is 7.24. The summed E-state index contributed by atoms with van der Waals surface area (Å²) in [5, 5.41) is 2.94. The molecule has 0 unspecified atom stereocenters. The third-order valence-electron chi connectivity index (χ3n) is 4.01. The molecule has 132 valence electrons. The van der Waals surface area contributed by atoms with Gasteiger partial charge in [0.25, 0.3) is 0 Å². The van der Waals surface area contributed by atoms with Gasteiger partial charge in [-0.2, -0.15) is 0 Å². The van der Waals surface area contributed by atoms with E-state index in [2.05, 4.69) is 12.2 Å². The van der Waals surface area contributed by atoms with Gasteiger partial charge in [0.05, 0.1) is 6.54 Å². The van der Waals surface area contributed by atoms with Crippen molar-refractivity contribution in [1.82, 2.24) is 10.2 Å². The fourth-order valence-corrected chi connectivity index (χ4v) is 2.78. The number of rotatable bonds is 4. The minimum absolute atomic E-state index is 0.108. The Morgan fingerprint density at radius 3 is 2.54 bits per heavy atom. The van der Waals surface area contributed by atoms with Crippen LogP contribution in [0, 0.1) is 0 Å². The van der Waals surface area contributed by atoms with Crippen LogP contribution in [-0.2, 0) is 22.5 Å². The van der Waals surface area contributed by atoms with Gasteiger partial charge in [-0.05, 0) is 38.3 Å². The summed E-state index contributed by atoms with van der Waals surface area (Å²) < 4.78 is 5.51. The van der Waals surface area contributed by atoms with Gasteiger partial charge in [-0.3, -0.25) is 9.69 Å². The van der Waals surface area contributed by atoms with Crippen LogP contribution in [0.1, 0.15) is 51.7 Å². The SMILES string of the molecule is CCCCNC(=O)[C@@H]1Cc2ccccc2CN1C(=O)OC(C)(C)C. The summed E-state index contributed by atoms with van der Waals surface area (Å²) in [6.07, 6.45) is 2.03. The molecule has 5 heteroatoms. The number of fused-ring (bicyclic) bond motifs is 1. The topological polar surface area (TPSA) is 58.6 Å². The molecule has 0 saturated carbocycles. The number of hydrogen-bond acceptors (Lipinski definition) is 3. The smallest absolute Gasteiger partial charge is 0.411 e. The van der Waals surface area contributed by atoms with Crippen molar-refractivity contribution in [3.8, 4) is 0 Å². The Hall–Kier alpha value is -2.04. The Labute approximate surface area is 144 Å². The number of nitrogens with zero attached hydrogens (tertiary/aromatic N) is 1.